The number of ether oxygens (including phenoxy) is 1. The van der Waals surface area contributed by atoms with Gasteiger partial charge in [0.05, 0.1) is 12.2 Å². The average Bonchev–Trinajstić information content (AvgIpc) is 3.08. The van der Waals surface area contributed by atoms with Crippen molar-refractivity contribution in [3.05, 3.63) is 64.7 Å². The summed E-state index contributed by atoms with van der Waals surface area (Å²) >= 11 is 0. The lowest BCUT2D eigenvalue weighted by Gasteiger charge is -2.33. The van der Waals surface area contributed by atoms with Crippen molar-refractivity contribution in [2.24, 2.45) is 0 Å². The molecule has 2 unspecified atom stereocenters. The highest BCUT2D eigenvalue weighted by Gasteiger charge is 2.69. The van der Waals surface area contributed by atoms with Gasteiger partial charge in [-0.25, -0.2) is 13.6 Å². The number of para-hydroxylation sites is 1. The van der Waals surface area contributed by atoms with Crippen molar-refractivity contribution >= 4 is 23.5 Å². The highest BCUT2D eigenvalue weighted by atomic mass is 19.2. The van der Waals surface area contributed by atoms with Crippen molar-refractivity contribution in [1.29, 1.82) is 0 Å². The lowest BCUT2D eigenvalue weighted by atomic mass is 9.77. The summed E-state index contributed by atoms with van der Waals surface area (Å²) in [6, 6.07) is 7.93. The average molecular weight is 373 g/mol. The lowest BCUT2D eigenvalue weighted by molar-refractivity contribution is -0.155. The summed E-state index contributed by atoms with van der Waals surface area (Å²) in [6.45, 7) is 1.45. The number of halogens is 2. The quantitative estimate of drug-likeness (QED) is 0.836. The molecule has 138 valence electrons. The van der Waals surface area contributed by atoms with E-state index in [0.717, 1.165) is 17.0 Å². The van der Waals surface area contributed by atoms with Gasteiger partial charge in [-0.15, -0.1) is 0 Å². The summed E-state index contributed by atoms with van der Waals surface area (Å²) < 4.78 is 33.3. The first kappa shape index (κ1) is 17.1. The Morgan fingerprint density at radius 2 is 1.93 bits per heavy atom. The number of nitrogens with zero attached hydrogens (tertiary/aromatic N) is 1. The second-order valence-corrected chi connectivity index (χ2v) is 6.24. The number of fused-ring (bicyclic) bond motifs is 5. The number of aliphatic carboxylic acids is 1. The molecule has 2 aromatic rings. The van der Waals surface area contributed by atoms with Gasteiger partial charge in [0.15, 0.2) is 17.2 Å². The van der Waals surface area contributed by atoms with Crippen LogP contribution in [0.1, 0.15) is 34.3 Å². The molecule has 0 spiro atoms. The van der Waals surface area contributed by atoms with Gasteiger partial charge in [-0.2, -0.15) is 0 Å². The number of carbonyl (C=O) groups is 3. The molecule has 0 saturated carbocycles. The number of benzene rings is 2. The first-order valence-electron chi connectivity index (χ1n) is 8.19. The van der Waals surface area contributed by atoms with Gasteiger partial charge in [0.25, 0.3) is 5.91 Å². The monoisotopic (exact) mass is 373 g/mol. The van der Waals surface area contributed by atoms with Gasteiger partial charge in [0.2, 0.25) is 0 Å². The van der Waals surface area contributed by atoms with Crippen molar-refractivity contribution < 1.29 is 33.0 Å². The molecule has 1 amide bonds. The summed E-state index contributed by atoms with van der Waals surface area (Å²) in [7, 11) is 0. The molecule has 8 heteroatoms. The molecule has 0 aromatic heterocycles. The number of hydrogen-bond acceptors (Lipinski definition) is 4. The highest BCUT2D eigenvalue weighted by Crippen LogP contribution is 2.58. The third-order valence-corrected chi connectivity index (χ3v) is 5.02. The normalized spacial score (nSPS) is 22.3. The van der Waals surface area contributed by atoms with E-state index in [1.54, 1.807) is 12.1 Å². The highest BCUT2D eigenvalue weighted by molar-refractivity contribution is 6.21. The number of anilines is 1. The number of esters is 1. The third kappa shape index (κ3) is 1.89. The summed E-state index contributed by atoms with van der Waals surface area (Å²) in [5, 5.41) is 9.91. The molecule has 0 saturated heterocycles. The zero-order valence-corrected chi connectivity index (χ0v) is 14.0. The maximum atomic E-state index is 14.5. The number of amides is 1. The van der Waals surface area contributed by atoms with E-state index in [-0.39, 0.29) is 23.4 Å². The predicted molar refractivity (Wildman–Crippen MR) is 88.3 cm³/mol. The molecule has 0 aliphatic carbocycles. The largest absolute Gasteiger partial charge is 0.481 e. The van der Waals surface area contributed by atoms with Crippen molar-refractivity contribution in [2.45, 2.75) is 18.4 Å². The van der Waals surface area contributed by atoms with Gasteiger partial charge in [0, 0.05) is 11.3 Å². The fraction of sp³-hybridized carbons (Fsp3) is 0.211. The molecule has 2 aliphatic heterocycles. The standard InChI is InChI=1S/C19H13F2NO5/c1-2-27-18(26)19-10-7-8-11(20)15(21)13(10)16(23)22(19)12-6-4-3-5-9(12)14(19)17(24)25/h3-8,14H,2H2,1H3,(H,24,25). The van der Waals surface area contributed by atoms with Crippen LogP contribution in [0.25, 0.3) is 0 Å². The minimum atomic E-state index is -2.13. The van der Waals surface area contributed by atoms with Gasteiger partial charge >= 0.3 is 11.9 Å². The molecule has 2 heterocycles. The smallest absolute Gasteiger partial charge is 0.338 e. The van der Waals surface area contributed by atoms with E-state index >= 15 is 0 Å². The van der Waals surface area contributed by atoms with E-state index in [0.29, 0.717) is 0 Å². The van der Waals surface area contributed by atoms with Crippen LogP contribution < -0.4 is 4.90 Å². The van der Waals surface area contributed by atoms with Gasteiger partial charge in [-0.3, -0.25) is 14.5 Å². The van der Waals surface area contributed by atoms with Crippen LogP contribution in [0.2, 0.25) is 0 Å². The minimum absolute atomic E-state index is 0.0791. The molecular weight excluding hydrogens is 360 g/mol. The number of rotatable bonds is 3. The molecule has 0 fully saturated rings. The Morgan fingerprint density at radius 3 is 2.59 bits per heavy atom. The lowest BCUT2D eigenvalue weighted by Crippen LogP contribution is -2.52. The van der Waals surface area contributed by atoms with Gasteiger partial charge in [0.1, 0.15) is 5.92 Å². The van der Waals surface area contributed by atoms with Crippen LogP contribution >= 0.6 is 0 Å². The minimum Gasteiger partial charge on any atom is -0.481 e. The van der Waals surface area contributed by atoms with Crippen LogP contribution in [0.4, 0.5) is 14.5 Å². The molecule has 27 heavy (non-hydrogen) atoms. The second-order valence-electron chi connectivity index (χ2n) is 6.24. The topological polar surface area (TPSA) is 83.9 Å². The molecule has 2 aromatic carbocycles. The summed E-state index contributed by atoms with van der Waals surface area (Å²) in [5.41, 5.74) is -2.62. The number of carboxylic acid groups (broad SMARTS) is 1. The van der Waals surface area contributed by atoms with E-state index in [1.807, 2.05) is 0 Å². The molecule has 2 atom stereocenters. The molecule has 1 N–H and O–H groups in total. The van der Waals surface area contributed by atoms with Crippen molar-refractivity contribution in [2.75, 3.05) is 11.5 Å². The maximum absolute atomic E-state index is 14.5. The molecule has 6 nitrogen and oxygen atoms in total. The van der Waals surface area contributed by atoms with Crippen LogP contribution in [-0.4, -0.2) is 29.6 Å². The predicted octanol–water partition coefficient (Wildman–Crippen LogP) is 2.57. The summed E-state index contributed by atoms with van der Waals surface area (Å²) in [4.78, 5) is 39.2. The Morgan fingerprint density at radius 1 is 1.22 bits per heavy atom. The van der Waals surface area contributed by atoms with Crippen molar-refractivity contribution in [3.8, 4) is 0 Å². The zero-order valence-electron chi connectivity index (χ0n) is 14.0. The van der Waals surface area contributed by atoms with Crippen LogP contribution in [-0.2, 0) is 19.9 Å². The number of carboxylic acids is 1. The van der Waals surface area contributed by atoms with Gasteiger partial charge < -0.3 is 9.84 Å². The van der Waals surface area contributed by atoms with E-state index in [4.69, 9.17) is 4.74 Å². The second kappa shape index (κ2) is 5.60. The fourth-order valence-electron chi connectivity index (χ4n) is 4.09. The van der Waals surface area contributed by atoms with Crippen LogP contribution in [0.15, 0.2) is 36.4 Å². The molecule has 0 bridgehead atoms. The molecule has 4 rings (SSSR count). The van der Waals surface area contributed by atoms with E-state index in [1.165, 1.54) is 19.1 Å². The SMILES string of the molecule is CCOC(=O)C12c3ccc(F)c(F)c3C(=O)N1c1ccccc1C2C(=O)O. The van der Waals surface area contributed by atoms with E-state index in [2.05, 4.69) is 0 Å². The fourth-order valence-corrected chi connectivity index (χ4v) is 4.09. The first-order chi connectivity index (χ1) is 12.9. The first-order valence-corrected chi connectivity index (χ1v) is 8.19. The van der Waals surface area contributed by atoms with Crippen LogP contribution in [0.3, 0.4) is 0 Å². The Balaban J connectivity index is 2.13. The molecule has 0 radical (unpaired) electrons. The van der Waals surface area contributed by atoms with E-state index in [9.17, 15) is 28.3 Å². The summed E-state index contributed by atoms with van der Waals surface area (Å²) in [6.07, 6.45) is 0. The zero-order chi connectivity index (χ0) is 19.5. The molecular formula is C19H13F2NO5. The van der Waals surface area contributed by atoms with Crippen molar-refractivity contribution in [1.82, 2.24) is 0 Å². The van der Waals surface area contributed by atoms with Crippen LogP contribution in [0.5, 0.6) is 0 Å². The Labute approximate surface area is 152 Å². The maximum Gasteiger partial charge on any atom is 0.338 e. The van der Waals surface area contributed by atoms with Gasteiger partial charge in [-0.05, 0) is 24.6 Å². The number of hydrogen-bond donors (Lipinski definition) is 1. The van der Waals surface area contributed by atoms with Crippen molar-refractivity contribution in [3.63, 3.8) is 0 Å². The Kier molecular flexibility index (Phi) is 3.56. The Bertz CT molecular complexity index is 1020. The van der Waals surface area contributed by atoms with Crippen LogP contribution in [0, 0.1) is 11.6 Å². The summed E-state index contributed by atoms with van der Waals surface area (Å²) in [5.74, 6) is -7.58. The Hall–Kier alpha value is -3.29. The molecule has 2 aliphatic rings. The number of carbonyl (C=O) groups excluding carboxylic acids is 2. The third-order valence-electron chi connectivity index (χ3n) is 5.02. The van der Waals surface area contributed by atoms with Gasteiger partial charge in [-0.1, -0.05) is 24.3 Å². The van der Waals surface area contributed by atoms with E-state index < -0.39 is 46.5 Å².